The lowest BCUT2D eigenvalue weighted by Crippen LogP contribution is -2.38. The number of benzene rings is 1. The van der Waals surface area contributed by atoms with Gasteiger partial charge in [0.2, 0.25) is 5.89 Å². The van der Waals surface area contributed by atoms with Crippen molar-refractivity contribution in [3.05, 3.63) is 47.6 Å². The molecular weight excluding hydrogens is 330 g/mol. The van der Waals surface area contributed by atoms with Gasteiger partial charge in [-0.3, -0.25) is 4.99 Å². The number of aliphatic imine (C=N–C) groups is 1. The highest BCUT2D eigenvalue weighted by Crippen LogP contribution is 2.15. The number of nitrogens with zero attached hydrogens (tertiary/aromatic N) is 3. The molecule has 0 bridgehead atoms. The summed E-state index contributed by atoms with van der Waals surface area (Å²) >= 11 is 0. The molecule has 0 radical (unpaired) electrons. The summed E-state index contributed by atoms with van der Waals surface area (Å²) in [5.41, 5.74) is 1.20. The van der Waals surface area contributed by atoms with Crippen LogP contribution < -0.4 is 10.6 Å². The predicted molar refractivity (Wildman–Crippen MR) is 102 cm³/mol. The van der Waals surface area contributed by atoms with E-state index in [4.69, 9.17) is 9.26 Å². The van der Waals surface area contributed by atoms with Crippen molar-refractivity contribution in [3.63, 3.8) is 0 Å². The van der Waals surface area contributed by atoms with Crippen LogP contribution in [0, 0.1) is 6.92 Å². The molecule has 1 aromatic carbocycles. The first-order valence-electron chi connectivity index (χ1n) is 9.17. The normalized spacial score (nSPS) is 12.8. The van der Waals surface area contributed by atoms with Crippen LogP contribution in [0.4, 0.5) is 0 Å². The lowest BCUT2D eigenvalue weighted by atomic mass is 10.1. The third-order valence-electron chi connectivity index (χ3n) is 3.75. The van der Waals surface area contributed by atoms with Gasteiger partial charge in [0.05, 0.1) is 6.10 Å². The lowest BCUT2D eigenvalue weighted by molar-refractivity contribution is 0.0652. The van der Waals surface area contributed by atoms with E-state index in [1.165, 1.54) is 5.56 Å². The van der Waals surface area contributed by atoms with E-state index in [0.29, 0.717) is 37.8 Å². The molecule has 0 fully saturated rings. The molecule has 7 nitrogen and oxygen atoms in total. The van der Waals surface area contributed by atoms with Gasteiger partial charge in [0.15, 0.2) is 11.8 Å². The molecule has 2 rings (SSSR count). The minimum absolute atomic E-state index is 0.101. The molecule has 1 aromatic heterocycles. The van der Waals surface area contributed by atoms with Crippen molar-refractivity contribution in [1.29, 1.82) is 0 Å². The number of guanidine groups is 1. The van der Waals surface area contributed by atoms with Crippen LogP contribution >= 0.6 is 0 Å². The molecule has 2 N–H and O–H groups in total. The van der Waals surface area contributed by atoms with Crippen LogP contribution in [0.15, 0.2) is 39.8 Å². The van der Waals surface area contributed by atoms with E-state index in [1.54, 1.807) is 0 Å². The second-order valence-electron chi connectivity index (χ2n) is 5.95. The minimum atomic E-state index is 0.101. The lowest BCUT2D eigenvalue weighted by Gasteiger charge is -2.13. The van der Waals surface area contributed by atoms with Gasteiger partial charge in [0.1, 0.15) is 0 Å². The van der Waals surface area contributed by atoms with Crippen molar-refractivity contribution in [2.75, 3.05) is 26.2 Å². The fourth-order valence-corrected chi connectivity index (χ4v) is 2.41. The zero-order valence-corrected chi connectivity index (χ0v) is 15.9. The van der Waals surface area contributed by atoms with Gasteiger partial charge in [-0.1, -0.05) is 35.5 Å². The van der Waals surface area contributed by atoms with E-state index in [9.17, 15) is 0 Å². The van der Waals surface area contributed by atoms with E-state index in [-0.39, 0.29) is 6.10 Å². The molecule has 0 spiro atoms. The van der Waals surface area contributed by atoms with Crippen LogP contribution in [0.25, 0.3) is 0 Å². The molecule has 2 aromatic rings. The van der Waals surface area contributed by atoms with Gasteiger partial charge in [-0.2, -0.15) is 4.98 Å². The van der Waals surface area contributed by atoms with Crippen LogP contribution in [-0.2, 0) is 11.2 Å². The Morgan fingerprint density at radius 1 is 1.27 bits per heavy atom. The molecule has 0 aliphatic heterocycles. The fourth-order valence-electron chi connectivity index (χ4n) is 2.41. The highest BCUT2D eigenvalue weighted by Gasteiger charge is 2.05. The molecule has 0 saturated carbocycles. The van der Waals surface area contributed by atoms with Crippen molar-refractivity contribution in [2.24, 2.45) is 4.99 Å². The smallest absolute Gasteiger partial charge is 0.228 e. The van der Waals surface area contributed by atoms with E-state index in [1.807, 2.05) is 32.0 Å². The standard InChI is InChI=1S/C19H29N5O2/c1-4-20-19(22-13-11-18-23-16(3)24-26-18)21-12-8-14-25-15(2)17-9-6-5-7-10-17/h5-7,9-10,15H,4,8,11-14H2,1-3H3,(H2,20,21,22). The summed E-state index contributed by atoms with van der Waals surface area (Å²) in [5, 5.41) is 10.3. The molecule has 0 amide bonds. The van der Waals surface area contributed by atoms with Crippen molar-refractivity contribution in [1.82, 2.24) is 20.8 Å². The first-order chi connectivity index (χ1) is 12.7. The number of aromatic nitrogens is 2. The van der Waals surface area contributed by atoms with E-state index < -0.39 is 0 Å². The minimum Gasteiger partial charge on any atom is -0.374 e. The van der Waals surface area contributed by atoms with E-state index >= 15 is 0 Å². The van der Waals surface area contributed by atoms with Gasteiger partial charge < -0.3 is 19.9 Å². The molecule has 0 aliphatic rings. The summed E-state index contributed by atoms with van der Waals surface area (Å²) in [7, 11) is 0. The summed E-state index contributed by atoms with van der Waals surface area (Å²) in [6, 6.07) is 10.2. The van der Waals surface area contributed by atoms with Gasteiger partial charge in [0, 0.05) is 32.7 Å². The third kappa shape index (κ3) is 7.23. The molecule has 0 saturated heterocycles. The molecule has 1 unspecified atom stereocenters. The molecule has 1 atom stereocenters. The average Bonchev–Trinajstić information content (AvgIpc) is 3.07. The quantitative estimate of drug-likeness (QED) is 0.385. The predicted octanol–water partition coefficient (Wildman–Crippen LogP) is 2.64. The number of hydrogen-bond donors (Lipinski definition) is 2. The Labute approximate surface area is 155 Å². The maximum Gasteiger partial charge on any atom is 0.228 e. The Morgan fingerprint density at radius 2 is 2.08 bits per heavy atom. The van der Waals surface area contributed by atoms with Crippen LogP contribution in [0.2, 0.25) is 0 Å². The second kappa shape index (κ2) is 11.3. The Bertz CT molecular complexity index is 657. The summed E-state index contributed by atoms with van der Waals surface area (Å²) in [6.07, 6.45) is 1.64. The van der Waals surface area contributed by atoms with E-state index in [2.05, 4.69) is 44.8 Å². The molecule has 142 valence electrons. The molecular formula is C19H29N5O2. The maximum absolute atomic E-state index is 5.87. The Kier molecular flexibility index (Phi) is 8.62. The van der Waals surface area contributed by atoms with Crippen LogP contribution in [0.1, 0.15) is 43.7 Å². The van der Waals surface area contributed by atoms with E-state index in [0.717, 1.165) is 18.9 Å². The second-order valence-corrected chi connectivity index (χ2v) is 5.95. The number of ether oxygens (including phenoxy) is 1. The first-order valence-corrected chi connectivity index (χ1v) is 9.17. The van der Waals surface area contributed by atoms with Crippen molar-refractivity contribution >= 4 is 5.96 Å². The van der Waals surface area contributed by atoms with Gasteiger partial charge >= 0.3 is 0 Å². The zero-order valence-electron chi connectivity index (χ0n) is 15.9. The van der Waals surface area contributed by atoms with Gasteiger partial charge in [-0.05, 0) is 32.8 Å². The number of rotatable bonds is 10. The monoisotopic (exact) mass is 359 g/mol. The summed E-state index contributed by atoms with van der Waals surface area (Å²) in [5.74, 6) is 2.08. The van der Waals surface area contributed by atoms with Crippen molar-refractivity contribution < 1.29 is 9.26 Å². The number of aryl methyl sites for hydroxylation is 1. The Balaban J connectivity index is 1.66. The molecule has 7 heteroatoms. The van der Waals surface area contributed by atoms with Crippen molar-refractivity contribution in [3.8, 4) is 0 Å². The molecule has 1 heterocycles. The average molecular weight is 359 g/mol. The van der Waals surface area contributed by atoms with Crippen LogP contribution in [0.5, 0.6) is 0 Å². The fraction of sp³-hybridized carbons (Fsp3) is 0.526. The summed E-state index contributed by atoms with van der Waals surface area (Å²) in [4.78, 5) is 8.75. The van der Waals surface area contributed by atoms with Crippen LogP contribution in [-0.4, -0.2) is 42.3 Å². The maximum atomic E-state index is 5.87. The van der Waals surface area contributed by atoms with Gasteiger partial charge in [-0.25, -0.2) is 0 Å². The summed E-state index contributed by atoms with van der Waals surface area (Å²) in [6.45, 7) is 8.82. The van der Waals surface area contributed by atoms with Gasteiger partial charge in [-0.15, -0.1) is 0 Å². The molecule has 0 aliphatic carbocycles. The third-order valence-corrected chi connectivity index (χ3v) is 3.75. The number of hydrogen-bond acceptors (Lipinski definition) is 5. The van der Waals surface area contributed by atoms with Crippen LogP contribution in [0.3, 0.4) is 0 Å². The zero-order chi connectivity index (χ0) is 18.6. The van der Waals surface area contributed by atoms with Crippen molar-refractivity contribution in [2.45, 2.75) is 39.7 Å². The largest absolute Gasteiger partial charge is 0.374 e. The topological polar surface area (TPSA) is 84.6 Å². The highest BCUT2D eigenvalue weighted by molar-refractivity contribution is 5.79. The van der Waals surface area contributed by atoms with Gasteiger partial charge in [0.25, 0.3) is 0 Å². The Hall–Kier alpha value is -2.41. The summed E-state index contributed by atoms with van der Waals surface area (Å²) < 4.78 is 11.0. The number of nitrogens with one attached hydrogen (secondary N) is 2. The Morgan fingerprint density at radius 3 is 2.77 bits per heavy atom. The first kappa shape index (κ1) is 19.9. The SMILES string of the molecule is CCNC(=NCCCOC(C)c1ccccc1)NCCc1nc(C)no1. The highest BCUT2D eigenvalue weighted by atomic mass is 16.5. The molecule has 26 heavy (non-hydrogen) atoms.